The summed E-state index contributed by atoms with van der Waals surface area (Å²) >= 11 is 0. The van der Waals surface area contributed by atoms with Crippen molar-refractivity contribution in [3.8, 4) is 0 Å². The van der Waals surface area contributed by atoms with E-state index in [9.17, 15) is 30.3 Å². The van der Waals surface area contributed by atoms with E-state index in [0.29, 0.717) is 6.42 Å². The largest absolute Gasteiger partial charge is 0.394 e. The van der Waals surface area contributed by atoms with Gasteiger partial charge < -0.3 is 40.3 Å². The van der Waals surface area contributed by atoms with Gasteiger partial charge in [-0.05, 0) is 38.5 Å². The molecule has 9 heteroatoms. The average molecular weight is 752 g/mol. The zero-order valence-corrected chi connectivity index (χ0v) is 33.8. The van der Waals surface area contributed by atoms with E-state index in [-0.39, 0.29) is 18.9 Å². The number of aliphatic hydroxyl groups is 5. The third-order valence-corrected chi connectivity index (χ3v) is 10.3. The Bertz CT molecular complexity index is 925. The summed E-state index contributed by atoms with van der Waals surface area (Å²) in [4.78, 5) is 12.9. The molecule has 0 bridgehead atoms. The van der Waals surface area contributed by atoms with Crippen molar-refractivity contribution < 1.29 is 39.8 Å². The molecule has 310 valence electrons. The van der Waals surface area contributed by atoms with Crippen LogP contribution in [0.3, 0.4) is 0 Å². The molecule has 9 nitrogen and oxygen atoms in total. The van der Waals surface area contributed by atoms with Gasteiger partial charge >= 0.3 is 0 Å². The molecule has 0 aromatic heterocycles. The summed E-state index contributed by atoms with van der Waals surface area (Å²) in [5.74, 6) is -0.276. The molecule has 0 aliphatic carbocycles. The second-order valence-corrected chi connectivity index (χ2v) is 15.2. The fraction of sp³-hybridized carbons (Fsp3) is 0.841. The Kier molecular flexibility index (Phi) is 32.5. The van der Waals surface area contributed by atoms with E-state index in [0.717, 1.165) is 25.7 Å². The summed E-state index contributed by atoms with van der Waals surface area (Å²) in [6, 6.07) is -0.809. The van der Waals surface area contributed by atoms with E-state index in [1.807, 2.05) is 18.2 Å². The van der Waals surface area contributed by atoms with Crippen molar-refractivity contribution in [2.24, 2.45) is 0 Å². The summed E-state index contributed by atoms with van der Waals surface area (Å²) in [5.41, 5.74) is 0. The lowest BCUT2D eigenvalue weighted by Crippen LogP contribution is -2.60. The van der Waals surface area contributed by atoms with Gasteiger partial charge in [0.05, 0.1) is 25.4 Å². The van der Waals surface area contributed by atoms with Crippen molar-refractivity contribution in [3.05, 3.63) is 36.5 Å². The molecule has 1 aliphatic rings. The van der Waals surface area contributed by atoms with Crippen LogP contribution in [0.5, 0.6) is 0 Å². The van der Waals surface area contributed by atoms with E-state index in [2.05, 4.69) is 37.4 Å². The summed E-state index contributed by atoms with van der Waals surface area (Å²) in [6.07, 6.45) is 34.8. The van der Waals surface area contributed by atoms with Crippen molar-refractivity contribution in [1.29, 1.82) is 0 Å². The fourth-order valence-electron chi connectivity index (χ4n) is 6.69. The van der Waals surface area contributed by atoms with Crippen LogP contribution in [0.2, 0.25) is 0 Å². The maximum absolute atomic E-state index is 12.9. The van der Waals surface area contributed by atoms with Gasteiger partial charge in [0, 0.05) is 6.42 Å². The fourth-order valence-corrected chi connectivity index (χ4v) is 6.69. The Morgan fingerprint density at radius 1 is 0.642 bits per heavy atom. The number of unbranched alkanes of at least 4 members (excludes halogenated alkanes) is 21. The first-order chi connectivity index (χ1) is 25.8. The molecule has 1 saturated heterocycles. The van der Waals surface area contributed by atoms with Gasteiger partial charge in [-0.3, -0.25) is 4.79 Å². The topological polar surface area (TPSA) is 149 Å². The average Bonchev–Trinajstić information content (AvgIpc) is 3.16. The minimum atomic E-state index is -1.57. The Morgan fingerprint density at radius 2 is 1.11 bits per heavy atom. The van der Waals surface area contributed by atoms with Crippen LogP contribution in [0, 0.1) is 0 Å². The zero-order valence-electron chi connectivity index (χ0n) is 33.8. The molecule has 53 heavy (non-hydrogen) atoms. The van der Waals surface area contributed by atoms with E-state index in [4.69, 9.17) is 9.47 Å². The SMILES string of the molecule is CCCCCCCCCCCCC=CC[C@@H](O)[C@H](CO[C@@H]1O[C@H](CO)[C@@H](O)C(O)C1O)NC(=O)CC=CCC=CCCCCCCCCCCCCC. The van der Waals surface area contributed by atoms with Crippen LogP contribution in [-0.2, 0) is 14.3 Å². The highest BCUT2D eigenvalue weighted by Crippen LogP contribution is 2.22. The Labute approximate surface area is 323 Å². The van der Waals surface area contributed by atoms with Crippen molar-refractivity contribution in [1.82, 2.24) is 5.32 Å². The Hall–Kier alpha value is -1.59. The lowest BCUT2D eigenvalue weighted by Gasteiger charge is -2.40. The zero-order chi connectivity index (χ0) is 38.8. The molecular formula is C44H81NO8. The van der Waals surface area contributed by atoms with E-state index in [1.54, 1.807) is 0 Å². The number of carbonyl (C=O) groups is 1. The Morgan fingerprint density at radius 3 is 1.62 bits per heavy atom. The molecule has 0 aromatic carbocycles. The van der Waals surface area contributed by atoms with Crippen LogP contribution in [0.4, 0.5) is 0 Å². The number of rotatable bonds is 35. The maximum Gasteiger partial charge on any atom is 0.224 e. The highest BCUT2D eigenvalue weighted by Gasteiger charge is 2.44. The molecule has 0 spiro atoms. The van der Waals surface area contributed by atoms with Crippen LogP contribution in [0.15, 0.2) is 36.5 Å². The monoisotopic (exact) mass is 752 g/mol. The number of ether oxygens (including phenoxy) is 2. The summed E-state index contributed by atoms with van der Waals surface area (Å²) in [6.45, 7) is 3.73. The van der Waals surface area contributed by atoms with Gasteiger partial charge in [-0.25, -0.2) is 0 Å². The van der Waals surface area contributed by atoms with Crippen LogP contribution in [-0.4, -0.2) is 87.5 Å². The molecule has 1 heterocycles. The molecule has 0 aromatic rings. The number of hydrogen-bond acceptors (Lipinski definition) is 8. The molecule has 1 rings (SSSR count). The molecule has 2 unspecified atom stereocenters. The number of allylic oxidation sites excluding steroid dienone is 4. The second-order valence-electron chi connectivity index (χ2n) is 15.2. The lowest BCUT2D eigenvalue weighted by atomic mass is 9.99. The standard InChI is InChI=1S/C44H81NO8/c1-3-5-7-9-11-13-15-17-18-19-20-22-24-26-28-30-32-34-40(48)45-37(36-52-44-43(51)42(50)41(49)39(35-46)53-44)38(47)33-31-29-27-25-23-21-16-14-12-10-8-6-4-2/h24,26,29-32,37-39,41-44,46-47,49-51H,3-23,25,27-28,33-36H2,1-2H3,(H,45,48)/t37-,38+,39+,41+,42?,43?,44+/m0/s1. The minimum Gasteiger partial charge on any atom is -0.394 e. The second kappa shape index (κ2) is 34.9. The molecule has 7 atom stereocenters. The van der Waals surface area contributed by atoms with Gasteiger partial charge in [0.25, 0.3) is 0 Å². The van der Waals surface area contributed by atoms with E-state index < -0.39 is 49.5 Å². The number of carbonyl (C=O) groups excluding carboxylic acids is 1. The number of hydrogen-bond donors (Lipinski definition) is 6. The molecular weight excluding hydrogens is 670 g/mol. The van der Waals surface area contributed by atoms with Crippen LogP contribution in [0.1, 0.15) is 181 Å². The van der Waals surface area contributed by atoms with Crippen molar-refractivity contribution >= 4 is 5.91 Å². The smallest absolute Gasteiger partial charge is 0.224 e. The summed E-state index contributed by atoms with van der Waals surface area (Å²) in [5, 5.41) is 54.0. The Balaban J connectivity index is 2.43. The van der Waals surface area contributed by atoms with Crippen LogP contribution in [0.25, 0.3) is 0 Å². The molecule has 6 N–H and O–H groups in total. The third-order valence-electron chi connectivity index (χ3n) is 10.3. The number of amides is 1. The molecule has 0 saturated carbocycles. The predicted octanol–water partition coefficient (Wildman–Crippen LogP) is 8.50. The van der Waals surface area contributed by atoms with Gasteiger partial charge in [-0.2, -0.15) is 0 Å². The van der Waals surface area contributed by atoms with Crippen LogP contribution >= 0.6 is 0 Å². The molecule has 1 aliphatic heterocycles. The molecule has 1 fully saturated rings. The maximum atomic E-state index is 12.9. The number of nitrogens with one attached hydrogen (secondary N) is 1. The highest BCUT2D eigenvalue weighted by molar-refractivity contribution is 5.77. The quantitative estimate of drug-likeness (QED) is 0.0279. The normalized spacial score (nSPS) is 22.0. The molecule has 1 amide bonds. The minimum absolute atomic E-state index is 0.143. The van der Waals surface area contributed by atoms with Gasteiger partial charge in [-0.1, -0.05) is 172 Å². The van der Waals surface area contributed by atoms with E-state index >= 15 is 0 Å². The van der Waals surface area contributed by atoms with Gasteiger partial charge in [-0.15, -0.1) is 0 Å². The lowest BCUT2D eigenvalue weighted by molar-refractivity contribution is -0.302. The molecule has 0 radical (unpaired) electrons. The van der Waals surface area contributed by atoms with Gasteiger partial charge in [0.2, 0.25) is 5.91 Å². The predicted molar refractivity (Wildman–Crippen MR) is 216 cm³/mol. The van der Waals surface area contributed by atoms with Crippen molar-refractivity contribution in [3.63, 3.8) is 0 Å². The van der Waals surface area contributed by atoms with Crippen molar-refractivity contribution in [2.45, 2.75) is 224 Å². The van der Waals surface area contributed by atoms with Crippen LogP contribution < -0.4 is 5.32 Å². The van der Waals surface area contributed by atoms with E-state index in [1.165, 1.54) is 128 Å². The van der Waals surface area contributed by atoms with Gasteiger partial charge in [0.15, 0.2) is 6.29 Å². The highest BCUT2D eigenvalue weighted by atomic mass is 16.7. The summed E-state index contributed by atoms with van der Waals surface area (Å²) in [7, 11) is 0. The first-order valence-electron chi connectivity index (χ1n) is 21.7. The van der Waals surface area contributed by atoms with Crippen molar-refractivity contribution in [2.75, 3.05) is 13.2 Å². The summed E-state index contributed by atoms with van der Waals surface area (Å²) < 4.78 is 11.2. The van der Waals surface area contributed by atoms with Gasteiger partial charge in [0.1, 0.15) is 24.4 Å². The number of aliphatic hydroxyl groups excluding tert-OH is 5. The first kappa shape index (κ1) is 49.4. The third kappa shape index (κ3) is 26.0. The first-order valence-corrected chi connectivity index (χ1v) is 21.7.